The van der Waals surface area contributed by atoms with Crippen LogP contribution in [0.5, 0.6) is 0 Å². The standard InChI is InChI=1S/C13H17NO3S2/c1-8(2)12-14(10(7-19-12)13(16)17)11(15)5-9-3-4-18-6-9/h3-4,6,8,10,12H,5,7H2,1-2H3,(H,16,17). The van der Waals surface area contributed by atoms with E-state index >= 15 is 0 Å². The van der Waals surface area contributed by atoms with Gasteiger partial charge in [-0.05, 0) is 28.3 Å². The van der Waals surface area contributed by atoms with Crippen LogP contribution in [-0.4, -0.2) is 39.1 Å². The molecule has 0 aromatic carbocycles. The third-order valence-electron chi connectivity index (χ3n) is 3.11. The molecule has 0 spiro atoms. The number of hydrogen-bond donors (Lipinski definition) is 1. The van der Waals surface area contributed by atoms with E-state index < -0.39 is 12.0 Å². The average Bonchev–Trinajstić information content (AvgIpc) is 2.95. The van der Waals surface area contributed by atoms with Gasteiger partial charge in [-0.1, -0.05) is 13.8 Å². The van der Waals surface area contributed by atoms with Crippen molar-refractivity contribution in [3.05, 3.63) is 22.4 Å². The van der Waals surface area contributed by atoms with Crippen LogP contribution < -0.4 is 0 Å². The number of thioether (sulfide) groups is 1. The molecule has 1 aliphatic rings. The third kappa shape index (κ3) is 3.12. The van der Waals surface area contributed by atoms with Gasteiger partial charge >= 0.3 is 5.97 Å². The second-order valence-corrected chi connectivity index (χ2v) is 6.86. The number of carboxylic acids is 1. The number of thiophene rings is 1. The van der Waals surface area contributed by atoms with Crippen molar-refractivity contribution >= 4 is 35.0 Å². The van der Waals surface area contributed by atoms with Crippen molar-refractivity contribution in [2.45, 2.75) is 31.7 Å². The second-order valence-electron chi connectivity index (χ2n) is 4.93. The van der Waals surface area contributed by atoms with Gasteiger partial charge in [-0.2, -0.15) is 11.3 Å². The number of amides is 1. The highest BCUT2D eigenvalue weighted by molar-refractivity contribution is 8.00. The normalized spacial score (nSPS) is 23.0. The molecule has 1 fully saturated rings. The molecule has 1 aliphatic heterocycles. The molecule has 1 saturated heterocycles. The number of carbonyl (C=O) groups is 2. The fourth-order valence-electron chi connectivity index (χ4n) is 2.21. The second kappa shape index (κ2) is 5.96. The van der Waals surface area contributed by atoms with Crippen LogP contribution in [0.15, 0.2) is 16.8 Å². The largest absolute Gasteiger partial charge is 0.480 e. The first-order valence-corrected chi connectivity index (χ1v) is 8.16. The Balaban J connectivity index is 2.16. The lowest BCUT2D eigenvalue weighted by atomic mass is 10.1. The minimum Gasteiger partial charge on any atom is -0.480 e. The lowest BCUT2D eigenvalue weighted by Crippen LogP contribution is -2.47. The molecule has 0 aliphatic carbocycles. The molecule has 2 unspecified atom stereocenters. The van der Waals surface area contributed by atoms with E-state index in [1.807, 2.05) is 30.7 Å². The van der Waals surface area contributed by atoms with Crippen molar-refractivity contribution in [3.63, 3.8) is 0 Å². The Hall–Kier alpha value is -1.01. The summed E-state index contributed by atoms with van der Waals surface area (Å²) >= 11 is 3.11. The maximum Gasteiger partial charge on any atom is 0.327 e. The Bertz CT molecular complexity index is 458. The Morgan fingerprint density at radius 1 is 1.53 bits per heavy atom. The van der Waals surface area contributed by atoms with Crippen LogP contribution >= 0.6 is 23.1 Å². The average molecular weight is 299 g/mol. The number of carbonyl (C=O) groups excluding carboxylic acids is 1. The topological polar surface area (TPSA) is 57.6 Å². The SMILES string of the molecule is CC(C)C1SCC(C(=O)O)N1C(=O)Cc1ccsc1. The van der Waals surface area contributed by atoms with E-state index in [0.717, 1.165) is 5.56 Å². The van der Waals surface area contributed by atoms with Gasteiger partial charge in [-0.3, -0.25) is 4.79 Å². The predicted molar refractivity (Wildman–Crippen MR) is 77.4 cm³/mol. The fraction of sp³-hybridized carbons (Fsp3) is 0.538. The van der Waals surface area contributed by atoms with E-state index in [2.05, 4.69) is 0 Å². The Labute approximate surface area is 120 Å². The van der Waals surface area contributed by atoms with Crippen molar-refractivity contribution in [3.8, 4) is 0 Å². The summed E-state index contributed by atoms with van der Waals surface area (Å²) in [6.45, 7) is 4.04. The number of nitrogens with zero attached hydrogens (tertiary/aromatic N) is 1. The van der Waals surface area contributed by atoms with E-state index in [0.29, 0.717) is 5.75 Å². The zero-order chi connectivity index (χ0) is 14.0. The van der Waals surface area contributed by atoms with Crippen LogP contribution in [0.2, 0.25) is 0 Å². The molecular formula is C13H17NO3S2. The molecule has 19 heavy (non-hydrogen) atoms. The lowest BCUT2D eigenvalue weighted by molar-refractivity contribution is -0.149. The van der Waals surface area contributed by atoms with Crippen LogP contribution in [0, 0.1) is 5.92 Å². The number of carboxylic acid groups (broad SMARTS) is 1. The zero-order valence-electron chi connectivity index (χ0n) is 10.9. The van der Waals surface area contributed by atoms with Gasteiger partial charge in [0.2, 0.25) is 5.91 Å². The van der Waals surface area contributed by atoms with Gasteiger partial charge in [0.15, 0.2) is 0 Å². The van der Waals surface area contributed by atoms with Crippen LogP contribution in [0.4, 0.5) is 0 Å². The van der Waals surface area contributed by atoms with Crippen molar-refractivity contribution in [2.75, 3.05) is 5.75 Å². The predicted octanol–water partition coefficient (Wildman–Crippen LogP) is 2.30. The highest BCUT2D eigenvalue weighted by Gasteiger charge is 2.42. The van der Waals surface area contributed by atoms with E-state index in [-0.39, 0.29) is 23.6 Å². The summed E-state index contributed by atoms with van der Waals surface area (Å²) < 4.78 is 0. The molecule has 2 atom stereocenters. The lowest BCUT2D eigenvalue weighted by Gasteiger charge is -2.29. The first-order chi connectivity index (χ1) is 9.00. The molecular weight excluding hydrogens is 282 g/mol. The van der Waals surface area contributed by atoms with Gasteiger partial charge < -0.3 is 10.0 Å². The van der Waals surface area contributed by atoms with Crippen molar-refractivity contribution in [1.29, 1.82) is 0 Å². The monoisotopic (exact) mass is 299 g/mol. The summed E-state index contributed by atoms with van der Waals surface area (Å²) in [5.41, 5.74) is 0.957. The van der Waals surface area contributed by atoms with E-state index in [1.165, 1.54) is 0 Å². The van der Waals surface area contributed by atoms with Gasteiger partial charge in [0, 0.05) is 5.75 Å². The molecule has 1 amide bonds. The zero-order valence-corrected chi connectivity index (χ0v) is 12.5. The van der Waals surface area contributed by atoms with Crippen molar-refractivity contribution in [1.82, 2.24) is 4.90 Å². The molecule has 0 radical (unpaired) electrons. The highest BCUT2D eigenvalue weighted by Crippen LogP contribution is 2.34. The molecule has 4 nitrogen and oxygen atoms in total. The molecule has 2 rings (SSSR count). The molecule has 1 aromatic heterocycles. The Kier molecular flexibility index (Phi) is 4.52. The fourth-order valence-corrected chi connectivity index (χ4v) is 4.37. The van der Waals surface area contributed by atoms with E-state index in [9.17, 15) is 14.7 Å². The van der Waals surface area contributed by atoms with Crippen LogP contribution in [-0.2, 0) is 16.0 Å². The summed E-state index contributed by atoms with van der Waals surface area (Å²) in [6, 6.07) is 1.22. The van der Waals surface area contributed by atoms with Gasteiger partial charge in [0.05, 0.1) is 11.8 Å². The number of aliphatic carboxylic acids is 1. The van der Waals surface area contributed by atoms with Gasteiger partial charge in [0.1, 0.15) is 6.04 Å². The molecule has 1 N–H and O–H groups in total. The quantitative estimate of drug-likeness (QED) is 0.927. The van der Waals surface area contributed by atoms with Crippen LogP contribution in [0.1, 0.15) is 19.4 Å². The molecule has 104 valence electrons. The minimum absolute atomic E-state index is 0.0350. The smallest absolute Gasteiger partial charge is 0.327 e. The third-order valence-corrected chi connectivity index (χ3v) is 5.47. The molecule has 0 bridgehead atoms. The van der Waals surface area contributed by atoms with Crippen molar-refractivity contribution in [2.24, 2.45) is 5.92 Å². The summed E-state index contributed by atoms with van der Waals surface area (Å²) in [5, 5.41) is 13.1. The van der Waals surface area contributed by atoms with Crippen molar-refractivity contribution < 1.29 is 14.7 Å². The summed E-state index contributed by atoms with van der Waals surface area (Å²) in [5.74, 6) is -0.266. The maximum atomic E-state index is 12.4. The highest BCUT2D eigenvalue weighted by atomic mass is 32.2. The van der Waals surface area contributed by atoms with Gasteiger partial charge in [0.25, 0.3) is 0 Å². The Morgan fingerprint density at radius 3 is 2.79 bits per heavy atom. The number of hydrogen-bond acceptors (Lipinski definition) is 4. The minimum atomic E-state index is -0.908. The van der Waals surface area contributed by atoms with E-state index in [4.69, 9.17) is 0 Å². The molecule has 1 aromatic rings. The van der Waals surface area contributed by atoms with Crippen LogP contribution in [0.25, 0.3) is 0 Å². The summed E-state index contributed by atoms with van der Waals surface area (Å²) in [4.78, 5) is 25.2. The maximum absolute atomic E-state index is 12.4. The molecule has 0 saturated carbocycles. The van der Waals surface area contributed by atoms with E-state index in [1.54, 1.807) is 28.0 Å². The summed E-state index contributed by atoms with van der Waals surface area (Å²) in [7, 11) is 0. The first-order valence-electron chi connectivity index (χ1n) is 6.17. The van der Waals surface area contributed by atoms with Gasteiger partial charge in [-0.25, -0.2) is 4.79 Å². The Morgan fingerprint density at radius 2 is 2.26 bits per heavy atom. The molecule has 6 heteroatoms. The molecule has 2 heterocycles. The van der Waals surface area contributed by atoms with Crippen LogP contribution in [0.3, 0.4) is 0 Å². The number of rotatable bonds is 4. The summed E-state index contributed by atoms with van der Waals surface area (Å²) in [6.07, 6.45) is 0.289. The first kappa shape index (κ1) is 14.4. The van der Waals surface area contributed by atoms with Gasteiger partial charge in [-0.15, -0.1) is 11.8 Å².